The van der Waals surface area contributed by atoms with Crippen molar-refractivity contribution in [3.63, 3.8) is 0 Å². The van der Waals surface area contributed by atoms with Crippen LogP contribution in [0.2, 0.25) is 0 Å². The van der Waals surface area contributed by atoms with Gasteiger partial charge in [-0.2, -0.15) is 0 Å². The zero-order valence-electron chi connectivity index (χ0n) is 19.4. The van der Waals surface area contributed by atoms with Crippen molar-refractivity contribution in [2.75, 3.05) is 32.8 Å². The van der Waals surface area contributed by atoms with Crippen LogP contribution in [0.25, 0.3) is 5.76 Å². The predicted octanol–water partition coefficient (Wildman–Crippen LogP) is 4.84. The van der Waals surface area contributed by atoms with Crippen molar-refractivity contribution < 1.29 is 19.4 Å². The molecule has 1 heterocycles. The molecule has 1 saturated heterocycles. The zero-order chi connectivity index (χ0) is 24.0. The maximum Gasteiger partial charge on any atom is 0.295 e. The van der Waals surface area contributed by atoms with E-state index in [-0.39, 0.29) is 11.3 Å². The molecule has 2 aromatic rings. The molecule has 1 amide bonds. The Balaban J connectivity index is 2.06. The number of aliphatic hydroxyl groups is 1. The number of carbonyl (C=O) groups excluding carboxylic acids is 2. The van der Waals surface area contributed by atoms with Gasteiger partial charge in [-0.25, -0.2) is 0 Å². The average Bonchev–Trinajstić information content (AvgIpc) is 3.08. The molecule has 1 unspecified atom stereocenters. The monoisotopic (exact) mass is 562 g/mol. The fraction of sp³-hybridized carbons (Fsp3) is 0.385. The topological polar surface area (TPSA) is 70.1 Å². The lowest BCUT2D eigenvalue weighted by Crippen LogP contribution is -2.38. The van der Waals surface area contributed by atoms with Crippen molar-refractivity contribution in [1.82, 2.24) is 9.80 Å². The molecular weight excluding hydrogens is 531 g/mol. The average molecular weight is 562 g/mol. The van der Waals surface area contributed by atoms with Gasteiger partial charge in [0.2, 0.25) is 0 Å². The van der Waals surface area contributed by atoms with Gasteiger partial charge in [0, 0.05) is 22.2 Å². The molecule has 0 bridgehead atoms. The lowest BCUT2D eigenvalue weighted by atomic mass is 9.95. The second kappa shape index (κ2) is 11.7. The van der Waals surface area contributed by atoms with E-state index in [9.17, 15) is 14.7 Å². The molecule has 2 aromatic carbocycles. The van der Waals surface area contributed by atoms with Crippen molar-refractivity contribution >= 4 is 40.0 Å². The predicted molar refractivity (Wildman–Crippen MR) is 138 cm³/mol. The summed E-state index contributed by atoms with van der Waals surface area (Å²) in [6.07, 6.45) is 0.862. The molecule has 1 fully saturated rings. The number of Topliss-reactive ketones (excluding diaryl/α,β-unsaturated/α-hetero) is 1. The molecule has 1 atom stereocenters. The Bertz CT molecular complexity index is 1020. The molecule has 1 aliphatic heterocycles. The largest absolute Gasteiger partial charge is 0.507 e. The number of halogens is 1. The molecular formula is C26H31IN2O4. The van der Waals surface area contributed by atoms with Crippen LogP contribution in [0, 0.1) is 3.57 Å². The first kappa shape index (κ1) is 25.2. The Kier molecular flexibility index (Phi) is 8.91. The maximum atomic E-state index is 13.2. The highest BCUT2D eigenvalue weighted by Crippen LogP contribution is 2.39. The molecule has 0 aliphatic carbocycles. The Labute approximate surface area is 209 Å². The Morgan fingerprint density at radius 2 is 1.79 bits per heavy atom. The van der Waals surface area contributed by atoms with Gasteiger partial charge in [-0.3, -0.25) is 9.59 Å². The fourth-order valence-electron chi connectivity index (χ4n) is 4.00. The number of rotatable bonds is 10. The Morgan fingerprint density at radius 1 is 1.09 bits per heavy atom. The molecule has 1 N–H and O–H groups in total. The third-order valence-corrected chi connectivity index (χ3v) is 6.58. The first-order valence-corrected chi connectivity index (χ1v) is 12.5. The van der Waals surface area contributed by atoms with E-state index in [4.69, 9.17) is 4.74 Å². The van der Waals surface area contributed by atoms with Gasteiger partial charge in [0.15, 0.2) is 0 Å². The van der Waals surface area contributed by atoms with E-state index in [1.165, 1.54) is 0 Å². The molecule has 0 radical (unpaired) electrons. The van der Waals surface area contributed by atoms with E-state index in [0.717, 1.165) is 28.6 Å². The van der Waals surface area contributed by atoms with Gasteiger partial charge in [-0.05, 0) is 71.9 Å². The molecule has 0 saturated carbocycles. The van der Waals surface area contributed by atoms with E-state index in [1.54, 1.807) is 23.1 Å². The van der Waals surface area contributed by atoms with E-state index in [0.29, 0.717) is 31.0 Å². The number of carbonyl (C=O) groups is 2. The van der Waals surface area contributed by atoms with Crippen LogP contribution in [-0.2, 0) is 9.59 Å². The smallest absolute Gasteiger partial charge is 0.295 e. The standard InChI is InChI=1S/C26H31IN2O4/c1-4-16-33-21-9-7-8-19(17-21)24(30)22-23(18-10-12-20(27)13-11-18)29(26(32)25(22)31)15-14-28(5-2)6-3/h7-13,17,23,30H,4-6,14-16H2,1-3H3. The first-order chi connectivity index (χ1) is 15.9. The SMILES string of the molecule is CCCOc1cccc(C(O)=C2C(=O)C(=O)N(CCN(CC)CC)C2c2ccc(I)cc2)c1. The van der Waals surface area contributed by atoms with Gasteiger partial charge in [0.05, 0.1) is 18.2 Å². The van der Waals surface area contributed by atoms with Gasteiger partial charge < -0.3 is 19.6 Å². The van der Waals surface area contributed by atoms with Crippen molar-refractivity contribution in [1.29, 1.82) is 0 Å². The summed E-state index contributed by atoms with van der Waals surface area (Å²) in [4.78, 5) is 30.0. The quantitative estimate of drug-likeness (QED) is 0.194. The molecule has 0 spiro atoms. The number of ketones is 1. The van der Waals surface area contributed by atoms with Crippen LogP contribution in [0.4, 0.5) is 0 Å². The lowest BCUT2D eigenvalue weighted by Gasteiger charge is -2.28. The van der Waals surface area contributed by atoms with E-state index in [1.807, 2.05) is 37.3 Å². The summed E-state index contributed by atoms with van der Waals surface area (Å²) in [5.41, 5.74) is 1.38. The molecule has 33 heavy (non-hydrogen) atoms. The number of likely N-dealkylation sites (tertiary alicyclic amines) is 1. The number of hydrogen-bond acceptors (Lipinski definition) is 5. The molecule has 6 nitrogen and oxygen atoms in total. The van der Waals surface area contributed by atoms with E-state index < -0.39 is 17.7 Å². The van der Waals surface area contributed by atoms with Gasteiger partial charge in [-0.1, -0.05) is 45.0 Å². The van der Waals surface area contributed by atoms with Crippen LogP contribution in [0.15, 0.2) is 54.1 Å². The maximum absolute atomic E-state index is 13.2. The Hall–Kier alpha value is -2.39. The highest BCUT2D eigenvalue weighted by molar-refractivity contribution is 14.1. The van der Waals surface area contributed by atoms with Gasteiger partial charge in [-0.15, -0.1) is 0 Å². The number of ether oxygens (including phenoxy) is 1. The summed E-state index contributed by atoms with van der Waals surface area (Å²) in [7, 11) is 0. The minimum Gasteiger partial charge on any atom is -0.507 e. The number of hydrogen-bond donors (Lipinski definition) is 1. The van der Waals surface area contributed by atoms with Crippen molar-refractivity contribution in [3.05, 3.63) is 68.8 Å². The highest BCUT2D eigenvalue weighted by atomic mass is 127. The van der Waals surface area contributed by atoms with Crippen molar-refractivity contribution in [3.8, 4) is 5.75 Å². The van der Waals surface area contributed by atoms with Crippen LogP contribution in [0.3, 0.4) is 0 Å². The number of amides is 1. The van der Waals surface area contributed by atoms with Gasteiger partial charge >= 0.3 is 0 Å². The first-order valence-electron chi connectivity index (χ1n) is 11.4. The van der Waals surface area contributed by atoms with Crippen LogP contribution in [0.1, 0.15) is 44.4 Å². The second-order valence-electron chi connectivity index (χ2n) is 7.95. The van der Waals surface area contributed by atoms with Crippen LogP contribution in [-0.4, -0.2) is 59.4 Å². The summed E-state index contributed by atoms with van der Waals surface area (Å²) in [5.74, 6) is -0.798. The minimum atomic E-state index is -0.657. The second-order valence-corrected chi connectivity index (χ2v) is 9.19. The lowest BCUT2D eigenvalue weighted by molar-refractivity contribution is -0.140. The zero-order valence-corrected chi connectivity index (χ0v) is 21.5. The fourth-order valence-corrected chi connectivity index (χ4v) is 4.36. The Morgan fingerprint density at radius 3 is 2.42 bits per heavy atom. The number of aliphatic hydroxyl groups excluding tert-OH is 1. The van der Waals surface area contributed by atoms with Crippen LogP contribution in [0.5, 0.6) is 5.75 Å². The number of likely N-dealkylation sites (N-methyl/N-ethyl adjacent to an activating group) is 1. The van der Waals surface area contributed by atoms with Gasteiger partial charge in [0.25, 0.3) is 11.7 Å². The minimum absolute atomic E-state index is 0.119. The number of benzene rings is 2. The highest BCUT2D eigenvalue weighted by Gasteiger charge is 2.45. The van der Waals surface area contributed by atoms with Crippen LogP contribution >= 0.6 is 22.6 Å². The normalized spacial score (nSPS) is 17.7. The summed E-state index contributed by atoms with van der Waals surface area (Å²) in [6.45, 7) is 9.50. The number of nitrogens with zero attached hydrogens (tertiary/aromatic N) is 2. The summed E-state index contributed by atoms with van der Waals surface area (Å²) in [6, 6.07) is 14.1. The molecule has 1 aliphatic rings. The molecule has 0 aromatic heterocycles. The summed E-state index contributed by atoms with van der Waals surface area (Å²) < 4.78 is 6.74. The molecule has 7 heteroatoms. The third kappa shape index (κ3) is 5.76. The van der Waals surface area contributed by atoms with E-state index in [2.05, 4.69) is 41.3 Å². The summed E-state index contributed by atoms with van der Waals surface area (Å²) >= 11 is 2.22. The van der Waals surface area contributed by atoms with E-state index >= 15 is 0 Å². The summed E-state index contributed by atoms with van der Waals surface area (Å²) in [5, 5.41) is 11.2. The molecule has 3 rings (SSSR count). The third-order valence-electron chi connectivity index (χ3n) is 5.86. The van der Waals surface area contributed by atoms with Gasteiger partial charge in [0.1, 0.15) is 11.5 Å². The van der Waals surface area contributed by atoms with Crippen molar-refractivity contribution in [2.45, 2.75) is 33.2 Å². The van der Waals surface area contributed by atoms with Crippen LogP contribution < -0.4 is 4.74 Å². The molecule has 176 valence electrons. The van der Waals surface area contributed by atoms with Crippen molar-refractivity contribution in [2.24, 2.45) is 0 Å².